The molecule has 0 aliphatic carbocycles. The van der Waals surface area contributed by atoms with Gasteiger partial charge in [0.1, 0.15) is 5.82 Å². The van der Waals surface area contributed by atoms with E-state index in [1.807, 2.05) is 18.2 Å². The Morgan fingerprint density at radius 1 is 1.05 bits per heavy atom. The molecule has 1 aromatic heterocycles. The molecule has 0 aliphatic rings. The van der Waals surface area contributed by atoms with Crippen LogP contribution in [0.4, 0.5) is 16.4 Å². The minimum absolute atomic E-state index is 0.334. The van der Waals surface area contributed by atoms with Crippen molar-refractivity contribution >= 4 is 17.7 Å². The van der Waals surface area contributed by atoms with Crippen LogP contribution in [0.2, 0.25) is 0 Å². The van der Waals surface area contributed by atoms with Crippen LogP contribution >= 0.6 is 0 Å². The Balaban J connectivity index is 1.81. The van der Waals surface area contributed by atoms with Crippen LogP contribution in [0.3, 0.4) is 0 Å². The monoisotopic (exact) mass is 257 g/mol. The van der Waals surface area contributed by atoms with Crippen molar-refractivity contribution in [2.75, 3.05) is 17.2 Å². The lowest BCUT2D eigenvalue weighted by atomic mass is 10.1. The second-order valence-corrected chi connectivity index (χ2v) is 3.96. The van der Waals surface area contributed by atoms with Gasteiger partial charge in [0.2, 0.25) is 0 Å². The van der Waals surface area contributed by atoms with Crippen LogP contribution in [0.1, 0.15) is 5.56 Å². The molecule has 0 aliphatic heterocycles. The molecule has 2 rings (SSSR count). The number of hydrogen-bond donors (Lipinski definition) is 3. The van der Waals surface area contributed by atoms with Gasteiger partial charge in [0.25, 0.3) is 0 Å². The number of nitrogens with zero attached hydrogens (tertiary/aromatic N) is 2. The van der Waals surface area contributed by atoms with E-state index >= 15 is 0 Å². The standard InChI is InChI=1S/C13H15N5O/c14-13(19)16-12-7-6-11(17-18-12)15-9-8-10-4-2-1-3-5-10/h1-7H,8-9H2,(H,15,17)(H3,14,16,18,19). The van der Waals surface area contributed by atoms with Crippen LogP contribution in [0.15, 0.2) is 42.5 Å². The van der Waals surface area contributed by atoms with Crippen LogP contribution < -0.4 is 16.4 Å². The molecule has 4 N–H and O–H groups in total. The lowest BCUT2D eigenvalue weighted by Gasteiger charge is -2.05. The molecule has 6 nitrogen and oxygen atoms in total. The van der Waals surface area contributed by atoms with Gasteiger partial charge in [0.05, 0.1) is 0 Å². The molecule has 19 heavy (non-hydrogen) atoms. The average molecular weight is 257 g/mol. The van der Waals surface area contributed by atoms with Crippen molar-refractivity contribution in [3.8, 4) is 0 Å². The summed E-state index contributed by atoms with van der Waals surface area (Å²) in [4.78, 5) is 10.6. The SMILES string of the molecule is NC(=O)Nc1ccc(NCCc2ccccc2)nn1. The van der Waals surface area contributed by atoms with Crippen molar-refractivity contribution in [1.82, 2.24) is 10.2 Å². The molecule has 0 saturated carbocycles. The third kappa shape index (κ3) is 4.27. The minimum Gasteiger partial charge on any atom is -0.368 e. The maximum atomic E-state index is 10.6. The maximum absolute atomic E-state index is 10.6. The normalized spacial score (nSPS) is 9.89. The zero-order valence-electron chi connectivity index (χ0n) is 10.3. The van der Waals surface area contributed by atoms with Crippen LogP contribution in [0.5, 0.6) is 0 Å². The fraction of sp³-hybridized carbons (Fsp3) is 0.154. The Labute approximate surface area is 111 Å². The lowest BCUT2D eigenvalue weighted by molar-refractivity contribution is 0.259. The average Bonchev–Trinajstić information content (AvgIpc) is 2.41. The van der Waals surface area contributed by atoms with Gasteiger partial charge in [-0.25, -0.2) is 4.79 Å². The molecule has 2 amide bonds. The number of amides is 2. The van der Waals surface area contributed by atoms with Crippen molar-refractivity contribution in [3.63, 3.8) is 0 Å². The molecule has 0 atom stereocenters. The summed E-state index contributed by atoms with van der Waals surface area (Å²) in [6, 6.07) is 12.9. The van der Waals surface area contributed by atoms with Gasteiger partial charge in [-0.15, -0.1) is 10.2 Å². The van der Waals surface area contributed by atoms with Gasteiger partial charge in [0, 0.05) is 6.54 Å². The van der Waals surface area contributed by atoms with Crippen LogP contribution in [0.25, 0.3) is 0 Å². The number of nitrogens with one attached hydrogen (secondary N) is 2. The molecule has 1 aromatic carbocycles. The van der Waals surface area contributed by atoms with E-state index in [-0.39, 0.29) is 0 Å². The number of nitrogens with two attached hydrogens (primary N) is 1. The summed E-state index contributed by atoms with van der Waals surface area (Å²) in [6.07, 6.45) is 0.907. The number of urea groups is 1. The summed E-state index contributed by atoms with van der Waals surface area (Å²) >= 11 is 0. The van der Waals surface area contributed by atoms with Crippen molar-refractivity contribution in [1.29, 1.82) is 0 Å². The van der Waals surface area contributed by atoms with Gasteiger partial charge < -0.3 is 11.1 Å². The zero-order chi connectivity index (χ0) is 13.5. The van der Waals surface area contributed by atoms with Gasteiger partial charge in [-0.05, 0) is 24.1 Å². The summed E-state index contributed by atoms with van der Waals surface area (Å²) < 4.78 is 0. The number of anilines is 2. The Bertz CT molecular complexity index is 526. The van der Waals surface area contributed by atoms with Crippen molar-refractivity contribution < 1.29 is 4.79 Å². The van der Waals surface area contributed by atoms with E-state index in [9.17, 15) is 4.79 Å². The lowest BCUT2D eigenvalue weighted by Crippen LogP contribution is -2.20. The van der Waals surface area contributed by atoms with E-state index in [2.05, 4.69) is 33.0 Å². The molecule has 0 fully saturated rings. The second kappa shape index (κ2) is 6.34. The summed E-state index contributed by atoms with van der Waals surface area (Å²) in [5, 5.41) is 13.3. The van der Waals surface area contributed by atoms with E-state index in [1.165, 1.54) is 5.56 Å². The molecule has 6 heteroatoms. The summed E-state index contributed by atoms with van der Waals surface area (Å²) in [6.45, 7) is 0.765. The number of rotatable bonds is 5. The number of primary amides is 1. The predicted octanol–water partition coefficient (Wildman–Crippen LogP) is 1.62. The van der Waals surface area contributed by atoms with Crippen molar-refractivity contribution in [3.05, 3.63) is 48.0 Å². The van der Waals surface area contributed by atoms with Gasteiger partial charge >= 0.3 is 6.03 Å². The smallest absolute Gasteiger partial charge is 0.317 e. The summed E-state index contributed by atoms with van der Waals surface area (Å²) in [5.74, 6) is 0.993. The first-order valence-corrected chi connectivity index (χ1v) is 5.92. The highest BCUT2D eigenvalue weighted by molar-refractivity contribution is 5.86. The number of hydrogen-bond acceptors (Lipinski definition) is 4. The topological polar surface area (TPSA) is 92.9 Å². The zero-order valence-corrected chi connectivity index (χ0v) is 10.3. The third-order valence-corrected chi connectivity index (χ3v) is 2.48. The van der Waals surface area contributed by atoms with Gasteiger partial charge in [0.15, 0.2) is 5.82 Å². The molecule has 0 bridgehead atoms. The molecule has 0 saturated heterocycles. The molecule has 1 heterocycles. The van der Waals surface area contributed by atoms with Gasteiger partial charge in [-0.2, -0.15) is 0 Å². The van der Waals surface area contributed by atoms with Gasteiger partial charge in [-0.1, -0.05) is 30.3 Å². The fourth-order valence-corrected chi connectivity index (χ4v) is 1.60. The summed E-state index contributed by atoms with van der Waals surface area (Å²) in [7, 11) is 0. The number of aromatic nitrogens is 2. The van der Waals surface area contributed by atoms with Crippen LogP contribution in [-0.2, 0) is 6.42 Å². The predicted molar refractivity (Wildman–Crippen MR) is 73.9 cm³/mol. The quantitative estimate of drug-likeness (QED) is 0.758. The first-order chi connectivity index (χ1) is 9.24. The van der Waals surface area contributed by atoms with Gasteiger partial charge in [-0.3, -0.25) is 5.32 Å². The fourth-order valence-electron chi connectivity index (χ4n) is 1.60. The highest BCUT2D eigenvalue weighted by Crippen LogP contribution is 2.06. The molecule has 0 unspecified atom stereocenters. The highest BCUT2D eigenvalue weighted by Gasteiger charge is 1.99. The molecular weight excluding hydrogens is 242 g/mol. The largest absolute Gasteiger partial charge is 0.368 e. The number of carbonyl (C=O) groups is 1. The molecular formula is C13H15N5O. The first-order valence-electron chi connectivity index (χ1n) is 5.92. The van der Waals surface area contributed by atoms with E-state index in [4.69, 9.17) is 5.73 Å². The minimum atomic E-state index is -0.654. The van der Waals surface area contributed by atoms with E-state index in [0.29, 0.717) is 11.6 Å². The maximum Gasteiger partial charge on any atom is 0.317 e. The molecule has 0 radical (unpaired) electrons. The number of benzene rings is 1. The molecule has 0 spiro atoms. The Morgan fingerprint density at radius 2 is 1.74 bits per heavy atom. The van der Waals surface area contributed by atoms with Crippen LogP contribution in [0, 0.1) is 0 Å². The Morgan fingerprint density at radius 3 is 2.37 bits per heavy atom. The van der Waals surface area contributed by atoms with Crippen molar-refractivity contribution in [2.45, 2.75) is 6.42 Å². The first kappa shape index (κ1) is 12.8. The Hall–Kier alpha value is -2.63. The molecule has 98 valence electrons. The third-order valence-electron chi connectivity index (χ3n) is 2.48. The summed E-state index contributed by atoms with van der Waals surface area (Å²) in [5.41, 5.74) is 6.23. The molecule has 2 aromatic rings. The number of carbonyl (C=O) groups excluding carboxylic acids is 1. The second-order valence-electron chi connectivity index (χ2n) is 3.96. The highest BCUT2D eigenvalue weighted by atomic mass is 16.2. The van der Waals surface area contributed by atoms with E-state index < -0.39 is 6.03 Å². The van der Waals surface area contributed by atoms with Crippen LogP contribution in [-0.4, -0.2) is 22.8 Å². The van der Waals surface area contributed by atoms with E-state index in [0.717, 1.165) is 13.0 Å². The van der Waals surface area contributed by atoms with Crippen molar-refractivity contribution in [2.24, 2.45) is 5.73 Å². The van der Waals surface area contributed by atoms with E-state index in [1.54, 1.807) is 12.1 Å². The Kier molecular flexibility index (Phi) is 4.28.